The van der Waals surface area contributed by atoms with Gasteiger partial charge in [0.1, 0.15) is 18.1 Å². The van der Waals surface area contributed by atoms with Crippen molar-refractivity contribution in [3.63, 3.8) is 0 Å². The highest BCUT2D eigenvalue weighted by molar-refractivity contribution is 5.87. The molecule has 0 saturated heterocycles. The van der Waals surface area contributed by atoms with Gasteiger partial charge in [-0.1, -0.05) is 31.5 Å². The lowest BCUT2D eigenvalue weighted by Crippen LogP contribution is -2.51. The molecule has 1 aromatic heterocycles. The molecule has 4 N–H and O–H groups in total. The zero-order chi connectivity index (χ0) is 21.1. The van der Waals surface area contributed by atoms with E-state index < -0.39 is 11.4 Å². The molecule has 29 heavy (non-hydrogen) atoms. The van der Waals surface area contributed by atoms with Gasteiger partial charge in [0.25, 0.3) is 0 Å². The summed E-state index contributed by atoms with van der Waals surface area (Å²) >= 11 is 0. The van der Waals surface area contributed by atoms with Crippen LogP contribution in [0.15, 0.2) is 42.5 Å². The van der Waals surface area contributed by atoms with Crippen molar-refractivity contribution >= 4 is 10.8 Å². The molecule has 1 aromatic carbocycles. The first-order valence-corrected chi connectivity index (χ1v) is 10.4. The molecular weight excluding hydrogens is 364 g/mol. The molecule has 3 atom stereocenters. The molecule has 0 saturated carbocycles. The van der Waals surface area contributed by atoms with Gasteiger partial charge in [0.05, 0.1) is 0 Å². The molecule has 6 nitrogen and oxygen atoms in total. The quantitative estimate of drug-likeness (QED) is 0.631. The number of rotatable bonds is 9. The van der Waals surface area contributed by atoms with Crippen molar-refractivity contribution in [1.82, 2.24) is 9.88 Å². The number of ether oxygens (including phenoxy) is 2. The van der Waals surface area contributed by atoms with Crippen LogP contribution in [0.4, 0.5) is 0 Å². The smallest absolute Gasteiger partial charge is 0.221 e. The first-order chi connectivity index (χ1) is 13.7. The normalized spacial score (nSPS) is 25.1. The second-order valence-corrected chi connectivity index (χ2v) is 8.45. The highest BCUT2D eigenvalue weighted by atomic mass is 16.5. The predicted octanol–water partition coefficient (Wildman–Crippen LogP) is 3.19. The molecule has 1 aliphatic rings. The number of benzene rings is 1. The van der Waals surface area contributed by atoms with E-state index >= 15 is 0 Å². The topological polar surface area (TPSA) is 86.6 Å². The Morgan fingerprint density at radius 2 is 1.97 bits per heavy atom. The molecular formula is C23H34N4O2. The molecule has 3 rings (SSSR count). The van der Waals surface area contributed by atoms with E-state index in [1.807, 2.05) is 38.4 Å². The first kappa shape index (κ1) is 21.7. The summed E-state index contributed by atoms with van der Waals surface area (Å²) in [4.78, 5) is 6.90. The van der Waals surface area contributed by atoms with Gasteiger partial charge in [-0.3, -0.25) is 5.73 Å². The third-order valence-corrected chi connectivity index (χ3v) is 5.35. The SMILES string of the molecule is CCCCc1cc2ccccc2c(OCC(CC2(N)C=CC(C)(N)O2)N(C)C)n1. The van der Waals surface area contributed by atoms with Crippen molar-refractivity contribution in [3.8, 4) is 5.88 Å². The zero-order valence-electron chi connectivity index (χ0n) is 18.0. The molecule has 0 radical (unpaired) electrons. The van der Waals surface area contributed by atoms with Gasteiger partial charge in [-0.2, -0.15) is 0 Å². The Morgan fingerprint density at radius 1 is 1.21 bits per heavy atom. The molecule has 158 valence electrons. The van der Waals surface area contributed by atoms with Crippen LogP contribution in [0.25, 0.3) is 10.8 Å². The lowest BCUT2D eigenvalue weighted by atomic mass is 10.0. The maximum atomic E-state index is 6.42. The van der Waals surface area contributed by atoms with E-state index in [0.717, 1.165) is 35.7 Å². The average molecular weight is 399 g/mol. The molecule has 1 aliphatic heterocycles. The number of pyridine rings is 1. The number of fused-ring (bicyclic) bond motifs is 1. The van der Waals surface area contributed by atoms with Gasteiger partial charge in [0, 0.05) is 23.5 Å². The van der Waals surface area contributed by atoms with E-state index in [4.69, 9.17) is 25.9 Å². The summed E-state index contributed by atoms with van der Waals surface area (Å²) in [7, 11) is 4.03. The van der Waals surface area contributed by atoms with Gasteiger partial charge < -0.3 is 20.1 Å². The number of aryl methyl sites for hydroxylation is 1. The minimum Gasteiger partial charge on any atom is -0.476 e. The maximum absolute atomic E-state index is 6.42. The predicted molar refractivity (Wildman–Crippen MR) is 118 cm³/mol. The second kappa shape index (κ2) is 8.79. The second-order valence-electron chi connectivity index (χ2n) is 8.45. The van der Waals surface area contributed by atoms with Crippen LogP contribution in [0.1, 0.15) is 38.8 Å². The third-order valence-electron chi connectivity index (χ3n) is 5.35. The van der Waals surface area contributed by atoms with Crippen LogP contribution in [-0.4, -0.2) is 48.1 Å². The summed E-state index contributed by atoms with van der Waals surface area (Å²) < 4.78 is 12.1. The van der Waals surface area contributed by atoms with Gasteiger partial charge in [-0.15, -0.1) is 0 Å². The summed E-state index contributed by atoms with van der Waals surface area (Å²) in [5, 5.41) is 2.18. The standard InChI is InChI=1S/C23H34N4O2/c1-5-6-10-18-14-17-9-7-8-11-20(17)21(26-18)28-16-19(27(3)4)15-23(25)13-12-22(2,24)29-23/h7-9,11-14,19H,5-6,10,15-16,24-25H2,1-4H3. The van der Waals surface area contributed by atoms with Crippen molar-refractivity contribution in [2.24, 2.45) is 11.5 Å². The van der Waals surface area contributed by atoms with Gasteiger partial charge in [-0.05, 0) is 63.5 Å². The van der Waals surface area contributed by atoms with Crippen LogP contribution >= 0.6 is 0 Å². The summed E-state index contributed by atoms with van der Waals surface area (Å²) in [5.74, 6) is 0.679. The van der Waals surface area contributed by atoms with Crippen molar-refractivity contribution < 1.29 is 9.47 Å². The van der Waals surface area contributed by atoms with Gasteiger partial charge >= 0.3 is 0 Å². The molecule has 0 fully saturated rings. The van der Waals surface area contributed by atoms with E-state index in [-0.39, 0.29) is 6.04 Å². The fourth-order valence-electron chi connectivity index (χ4n) is 3.64. The molecule has 6 heteroatoms. The zero-order valence-corrected chi connectivity index (χ0v) is 18.0. The molecule has 3 unspecified atom stereocenters. The number of likely N-dealkylation sites (N-methyl/N-ethyl adjacent to an activating group) is 1. The van der Waals surface area contributed by atoms with E-state index in [1.165, 1.54) is 0 Å². The Hall–Kier alpha value is -1.99. The van der Waals surface area contributed by atoms with Crippen molar-refractivity contribution in [2.45, 2.75) is 57.0 Å². The number of unbranched alkanes of at least 4 members (excludes halogenated alkanes) is 1. The highest BCUT2D eigenvalue weighted by Gasteiger charge is 2.39. The third kappa shape index (κ3) is 5.54. The number of nitrogens with two attached hydrogens (primary N) is 2. The minimum absolute atomic E-state index is 0.0402. The molecule has 0 amide bonds. The summed E-state index contributed by atoms with van der Waals surface area (Å²) in [6.07, 6.45) is 7.43. The Labute approximate surface area is 173 Å². The largest absolute Gasteiger partial charge is 0.476 e. The van der Waals surface area contributed by atoms with Crippen LogP contribution in [-0.2, 0) is 11.2 Å². The van der Waals surface area contributed by atoms with Crippen LogP contribution in [0.5, 0.6) is 5.88 Å². The Bertz CT molecular complexity index is 865. The molecule has 0 spiro atoms. The summed E-state index contributed by atoms with van der Waals surface area (Å²) in [5.41, 5.74) is 11.8. The van der Waals surface area contributed by atoms with Crippen molar-refractivity contribution in [2.75, 3.05) is 20.7 Å². The monoisotopic (exact) mass is 398 g/mol. The van der Waals surface area contributed by atoms with Crippen molar-refractivity contribution in [1.29, 1.82) is 0 Å². The number of nitrogens with zero attached hydrogens (tertiary/aromatic N) is 2. The van der Waals surface area contributed by atoms with E-state index in [9.17, 15) is 0 Å². The maximum Gasteiger partial charge on any atom is 0.221 e. The molecule has 0 aliphatic carbocycles. The lowest BCUT2D eigenvalue weighted by molar-refractivity contribution is -0.0874. The van der Waals surface area contributed by atoms with Crippen LogP contribution in [0, 0.1) is 0 Å². The molecule has 0 bridgehead atoms. The number of hydrogen-bond donors (Lipinski definition) is 2. The fraction of sp³-hybridized carbons (Fsp3) is 0.522. The summed E-state index contributed by atoms with van der Waals surface area (Å²) in [6, 6.07) is 10.4. The van der Waals surface area contributed by atoms with Gasteiger partial charge in [0.15, 0.2) is 0 Å². The van der Waals surface area contributed by atoms with Crippen molar-refractivity contribution in [3.05, 3.63) is 48.2 Å². The van der Waals surface area contributed by atoms with E-state index in [1.54, 1.807) is 6.92 Å². The van der Waals surface area contributed by atoms with Crippen LogP contribution in [0.3, 0.4) is 0 Å². The Morgan fingerprint density at radius 3 is 2.62 bits per heavy atom. The fourth-order valence-corrected chi connectivity index (χ4v) is 3.64. The Kier molecular flexibility index (Phi) is 6.58. The van der Waals surface area contributed by atoms with E-state index in [0.29, 0.717) is 18.9 Å². The molecule has 2 heterocycles. The minimum atomic E-state index is -0.903. The first-order valence-electron chi connectivity index (χ1n) is 10.4. The molecule has 2 aromatic rings. The van der Waals surface area contributed by atoms with E-state index in [2.05, 4.69) is 30.0 Å². The van der Waals surface area contributed by atoms with Gasteiger partial charge in [0.2, 0.25) is 5.88 Å². The highest BCUT2D eigenvalue weighted by Crippen LogP contribution is 2.29. The van der Waals surface area contributed by atoms with Gasteiger partial charge in [-0.25, -0.2) is 4.98 Å². The summed E-state index contributed by atoms with van der Waals surface area (Å²) in [6.45, 7) is 4.45. The lowest BCUT2D eigenvalue weighted by Gasteiger charge is -2.33. The van der Waals surface area contributed by atoms with Crippen LogP contribution < -0.4 is 16.2 Å². The van der Waals surface area contributed by atoms with Crippen LogP contribution in [0.2, 0.25) is 0 Å². The average Bonchev–Trinajstić information content (AvgIpc) is 2.95. The number of aromatic nitrogens is 1. The Balaban J connectivity index is 1.77. The number of hydrogen-bond acceptors (Lipinski definition) is 6.